The van der Waals surface area contributed by atoms with E-state index in [2.05, 4.69) is 27.7 Å². The molecule has 2 atom stereocenters. The van der Waals surface area contributed by atoms with Crippen LogP contribution in [0.5, 0.6) is 0 Å². The van der Waals surface area contributed by atoms with Gasteiger partial charge in [-0.15, -0.1) is 0 Å². The van der Waals surface area contributed by atoms with Crippen molar-refractivity contribution in [3.63, 3.8) is 0 Å². The third-order valence-corrected chi connectivity index (χ3v) is 17.5. The lowest BCUT2D eigenvalue weighted by molar-refractivity contribution is -0.0573. The van der Waals surface area contributed by atoms with E-state index in [4.69, 9.17) is 4.74 Å². The van der Waals surface area contributed by atoms with E-state index in [0.717, 1.165) is 47.3 Å². The zero-order chi connectivity index (χ0) is 41.6. The average molecular weight is 824 g/mol. The molecule has 4 aliphatic carbocycles. The Morgan fingerprint density at radius 1 is 0.288 bits per heavy atom. The van der Waals surface area contributed by atoms with Crippen molar-refractivity contribution in [2.24, 2.45) is 47.3 Å². The zero-order valence-electron chi connectivity index (χ0n) is 41.3. The van der Waals surface area contributed by atoms with Crippen LogP contribution in [0.1, 0.15) is 310 Å². The summed E-state index contributed by atoms with van der Waals surface area (Å²) < 4.78 is 6.85. The molecule has 0 bridgehead atoms. The topological polar surface area (TPSA) is 9.23 Å². The van der Waals surface area contributed by atoms with E-state index in [1.165, 1.54) is 218 Å². The van der Waals surface area contributed by atoms with Crippen molar-refractivity contribution in [1.29, 1.82) is 0 Å². The van der Waals surface area contributed by atoms with Gasteiger partial charge in [0, 0.05) is 0 Å². The molecule has 0 aliphatic heterocycles. The Bertz CT molecular complexity index is 836. The maximum absolute atomic E-state index is 6.85. The highest BCUT2D eigenvalue weighted by Gasteiger charge is 2.29. The Labute approximate surface area is 373 Å². The number of hydrogen-bond donors (Lipinski definition) is 0. The van der Waals surface area contributed by atoms with Crippen molar-refractivity contribution < 1.29 is 4.74 Å². The second-order valence-corrected chi connectivity index (χ2v) is 22.7. The maximum Gasteiger partial charge on any atom is 0.0579 e. The molecule has 0 radical (unpaired) electrons. The summed E-state index contributed by atoms with van der Waals surface area (Å²) in [6, 6.07) is 0. The van der Waals surface area contributed by atoms with Crippen LogP contribution in [0.4, 0.5) is 0 Å². The predicted molar refractivity (Wildman–Crippen MR) is 262 cm³/mol. The first-order valence-electron chi connectivity index (χ1n) is 28.7. The SMILES string of the molecule is CCCCCCCCCC1CCC(CC(CCC)CCCC2CCC(OC3CCC(CCCC(CCC)CC4CCC(CCCCCCCCC)CC4)CC3)CC2)CC1. The van der Waals surface area contributed by atoms with Crippen LogP contribution in [0.2, 0.25) is 0 Å². The molecule has 4 rings (SSSR count). The van der Waals surface area contributed by atoms with Crippen LogP contribution < -0.4 is 0 Å². The molecule has 4 saturated carbocycles. The monoisotopic (exact) mass is 823 g/mol. The molecule has 0 amide bonds. The third-order valence-electron chi connectivity index (χ3n) is 17.5. The Morgan fingerprint density at radius 3 is 0.915 bits per heavy atom. The molecule has 0 aromatic carbocycles. The van der Waals surface area contributed by atoms with Crippen LogP contribution in [0.3, 0.4) is 0 Å². The number of rotatable bonds is 34. The Balaban J connectivity index is 0.977. The molecular formula is C58H110O. The van der Waals surface area contributed by atoms with Gasteiger partial charge >= 0.3 is 0 Å². The van der Waals surface area contributed by atoms with Gasteiger partial charge in [-0.3, -0.25) is 0 Å². The summed E-state index contributed by atoms with van der Waals surface area (Å²) in [6.07, 6.45) is 66.2. The number of unbranched alkanes of at least 4 members (excludes halogenated alkanes) is 12. The van der Waals surface area contributed by atoms with E-state index < -0.39 is 0 Å². The van der Waals surface area contributed by atoms with Gasteiger partial charge in [0.05, 0.1) is 12.2 Å². The lowest BCUT2D eigenvalue weighted by atomic mass is 9.74. The first kappa shape index (κ1) is 51.6. The molecule has 348 valence electrons. The van der Waals surface area contributed by atoms with E-state index in [1.54, 1.807) is 64.2 Å². The summed E-state index contributed by atoms with van der Waals surface area (Å²) in [5.74, 6) is 8.22. The van der Waals surface area contributed by atoms with Crippen molar-refractivity contribution >= 4 is 0 Å². The molecule has 0 saturated heterocycles. The van der Waals surface area contributed by atoms with Gasteiger partial charge in [0.25, 0.3) is 0 Å². The Hall–Kier alpha value is -0.0400. The van der Waals surface area contributed by atoms with Gasteiger partial charge in [-0.2, -0.15) is 0 Å². The third kappa shape index (κ3) is 23.5. The normalized spacial score (nSPS) is 29.1. The second-order valence-electron chi connectivity index (χ2n) is 22.7. The molecule has 0 heterocycles. The lowest BCUT2D eigenvalue weighted by Crippen LogP contribution is -2.30. The maximum atomic E-state index is 6.85. The van der Waals surface area contributed by atoms with E-state index in [9.17, 15) is 0 Å². The summed E-state index contributed by atoms with van der Waals surface area (Å²) in [7, 11) is 0. The molecule has 0 aromatic rings. The van der Waals surface area contributed by atoms with Gasteiger partial charge in [-0.1, -0.05) is 246 Å². The zero-order valence-corrected chi connectivity index (χ0v) is 41.3. The van der Waals surface area contributed by atoms with E-state index in [0.29, 0.717) is 12.2 Å². The fourth-order valence-corrected chi connectivity index (χ4v) is 13.6. The highest BCUT2D eigenvalue weighted by atomic mass is 16.5. The van der Waals surface area contributed by atoms with Crippen LogP contribution in [0, 0.1) is 47.3 Å². The van der Waals surface area contributed by atoms with Crippen LogP contribution in [-0.2, 0) is 4.74 Å². The minimum Gasteiger partial charge on any atom is -0.375 e. The van der Waals surface area contributed by atoms with E-state index >= 15 is 0 Å². The summed E-state index contributed by atoms with van der Waals surface area (Å²) in [5, 5.41) is 0. The molecule has 2 unspecified atom stereocenters. The average Bonchev–Trinajstić information content (AvgIpc) is 3.25. The van der Waals surface area contributed by atoms with Gasteiger partial charge in [0.15, 0.2) is 0 Å². The minimum atomic E-state index is 0.576. The smallest absolute Gasteiger partial charge is 0.0579 e. The summed E-state index contributed by atoms with van der Waals surface area (Å²) in [5.41, 5.74) is 0. The van der Waals surface area contributed by atoms with E-state index in [1.807, 2.05) is 0 Å². The van der Waals surface area contributed by atoms with Crippen molar-refractivity contribution in [3.05, 3.63) is 0 Å². The molecule has 0 spiro atoms. The first-order valence-corrected chi connectivity index (χ1v) is 28.7. The van der Waals surface area contributed by atoms with E-state index in [-0.39, 0.29) is 0 Å². The molecule has 0 N–H and O–H groups in total. The van der Waals surface area contributed by atoms with Gasteiger partial charge in [-0.05, 0) is 112 Å². The second kappa shape index (κ2) is 33.5. The molecular weight excluding hydrogens is 713 g/mol. The van der Waals surface area contributed by atoms with Crippen molar-refractivity contribution in [2.75, 3.05) is 0 Å². The Kier molecular flexibility index (Phi) is 29.3. The molecule has 0 aromatic heterocycles. The van der Waals surface area contributed by atoms with Crippen LogP contribution in [0.15, 0.2) is 0 Å². The van der Waals surface area contributed by atoms with Crippen molar-refractivity contribution in [3.8, 4) is 0 Å². The van der Waals surface area contributed by atoms with Gasteiger partial charge < -0.3 is 4.74 Å². The highest BCUT2D eigenvalue weighted by Crippen LogP contribution is 2.40. The molecule has 1 heteroatoms. The molecule has 59 heavy (non-hydrogen) atoms. The molecule has 1 nitrogen and oxygen atoms in total. The molecule has 4 fully saturated rings. The highest BCUT2D eigenvalue weighted by molar-refractivity contribution is 4.81. The van der Waals surface area contributed by atoms with Crippen LogP contribution >= 0.6 is 0 Å². The lowest BCUT2D eigenvalue weighted by Gasteiger charge is -2.35. The van der Waals surface area contributed by atoms with Gasteiger partial charge in [0.1, 0.15) is 0 Å². The number of hydrogen-bond acceptors (Lipinski definition) is 1. The number of ether oxygens (including phenoxy) is 1. The summed E-state index contributed by atoms with van der Waals surface area (Å²) in [4.78, 5) is 0. The standard InChI is InChI=1S/C58H110O/c1-5-9-11-13-15-17-19-25-49-31-35-55(36-32-49)47-53(23-7-3)29-21-27-51-39-43-57(44-40-51)59-58-45-41-52(42-46-58)28-22-30-54(24-8-4)48-56-37-33-50(34-38-56)26-20-18-16-14-12-10-6-2/h49-58H,5-48H2,1-4H3. The predicted octanol–water partition coefficient (Wildman–Crippen LogP) is 20.0. The quantitative estimate of drug-likeness (QED) is 0.0588. The minimum absolute atomic E-state index is 0.576. The fraction of sp³-hybridized carbons (Fsp3) is 1.00. The first-order chi connectivity index (χ1) is 29.1. The summed E-state index contributed by atoms with van der Waals surface area (Å²) in [6.45, 7) is 9.53. The van der Waals surface area contributed by atoms with Crippen molar-refractivity contribution in [1.82, 2.24) is 0 Å². The summed E-state index contributed by atoms with van der Waals surface area (Å²) >= 11 is 0. The van der Waals surface area contributed by atoms with Gasteiger partial charge in [-0.25, -0.2) is 0 Å². The van der Waals surface area contributed by atoms with Crippen LogP contribution in [0.25, 0.3) is 0 Å². The van der Waals surface area contributed by atoms with Crippen LogP contribution in [-0.4, -0.2) is 12.2 Å². The van der Waals surface area contributed by atoms with Gasteiger partial charge in [0.2, 0.25) is 0 Å². The molecule has 4 aliphatic rings. The fourth-order valence-electron chi connectivity index (χ4n) is 13.6. The van der Waals surface area contributed by atoms with Crippen molar-refractivity contribution in [2.45, 2.75) is 322 Å². The largest absolute Gasteiger partial charge is 0.375 e. The Morgan fingerprint density at radius 2 is 0.576 bits per heavy atom.